The Morgan fingerprint density at radius 1 is 1.03 bits per heavy atom. The summed E-state index contributed by atoms with van der Waals surface area (Å²) in [5.41, 5.74) is 2.01. The number of benzene rings is 2. The van der Waals surface area contributed by atoms with E-state index in [1.165, 1.54) is 43.9 Å². The van der Waals surface area contributed by atoms with Gasteiger partial charge in [-0.3, -0.25) is 9.89 Å². The number of carbonyl (C=O) groups excluding carboxylic acids is 1. The van der Waals surface area contributed by atoms with E-state index in [-0.39, 0.29) is 5.91 Å². The highest BCUT2D eigenvalue weighted by atomic mass is 32.2. The molecule has 4 rings (SSSR count). The third-order valence-electron chi connectivity index (χ3n) is 5.65. The van der Waals surface area contributed by atoms with Gasteiger partial charge in [-0.2, -0.15) is 0 Å². The molecule has 1 saturated carbocycles. The second-order valence-electron chi connectivity index (χ2n) is 7.84. The summed E-state index contributed by atoms with van der Waals surface area (Å²) in [6.45, 7) is 0.547. The zero-order valence-corrected chi connectivity index (χ0v) is 18.0. The number of amides is 1. The summed E-state index contributed by atoms with van der Waals surface area (Å²) >= 11 is 1.40. The molecule has 156 valence electrons. The molecule has 0 bridgehead atoms. The van der Waals surface area contributed by atoms with Gasteiger partial charge in [-0.25, -0.2) is 4.98 Å². The molecule has 1 aliphatic rings. The van der Waals surface area contributed by atoms with Crippen LogP contribution in [0.25, 0.3) is 0 Å². The Bertz CT molecular complexity index is 923. The second-order valence-corrected chi connectivity index (χ2v) is 8.79. The van der Waals surface area contributed by atoms with Crippen LogP contribution in [0.4, 0.5) is 5.69 Å². The van der Waals surface area contributed by atoms with Gasteiger partial charge in [0.25, 0.3) is 0 Å². The van der Waals surface area contributed by atoms with Gasteiger partial charge in [0.2, 0.25) is 11.1 Å². The molecule has 0 radical (unpaired) electrons. The SMILES string of the molecule is O=C(CSc1n[nH]c(CCC2CCCC2)n1)N(Cc1ccccc1)c1ccccc1. The molecule has 1 N–H and O–H groups in total. The largest absolute Gasteiger partial charge is 0.307 e. The standard InChI is InChI=1S/C24H28N4OS/c29-23(18-30-24-25-22(26-27-24)16-15-19-9-7-8-10-19)28(21-13-5-2-6-14-21)17-20-11-3-1-4-12-20/h1-6,11-14,19H,7-10,15-18H2,(H,25,26,27). The third-order valence-corrected chi connectivity index (χ3v) is 6.48. The van der Waals surface area contributed by atoms with Crippen LogP contribution in [0, 0.1) is 5.92 Å². The van der Waals surface area contributed by atoms with Crippen LogP contribution in [0.5, 0.6) is 0 Å². The highest BCUT2D eigenvalue weighted by Crippen LogP contribution is 2.28. The van der Waals surface area contributed by atoms with Crippen molar-refractivity contribution in [1.29, 1.82) is 0 Å². The Morgan fingerprint density at radius 2 is 1.73 bits per heavy atom. The summed E-state index contributed by atoms with van der Waals surface area (Å²) in [5.74, 6) is 2.13. The molecule has 0 saturated heterocycles. The number of H-pyrrole nitrogens is 1. The summed E-state index contributed by atoms with van der Waals surface area (Å²) in [7, 11) is 0. The van der Waals surface area contributed by atoms with Crippen molar-refractivity contribution in [2.45, 2.75) is 50.2 Å². The second kappa shape index (κ2) is 10.4. The quantitative estimate of drug-likeness (QED) is 0.480. The molecule has 0 unspecified atom stereocenters. The number of carbonyl (C=O) groups is 1. The van der Waals surface area contributed by atoms with Crippen molar-refractivity contribution in [2.24, 2.45) is 5.92 Å². The van der Waals surface area contributed by atoms with Gasteiger partial charge in [0, 0.05) is 12.1 Å². The van der Waals surface area contributed by atoms with Crippen LogP contribution in [-0.2, 0) is 17.8 Å². The van der Waals surface area contributed by atoms with Crippen LogP contribution < -0.4 is 4.90 Å². The zero-order valence-electron chi connectivity index (χ0n) is 17.2. The minimum Gasteiger partial charge on any atom is -0.307 e. The van der Waals surface area contributed by atoms with Crippen molar-refractivity contribution in [2.75, 3.05) is 10.7 Å². The van der Waals surface area contributed by atoms with E-state index >= 15 is 0 Å². The highest BCUT2D eigenvalue weighted by molar-refractivity contribution is 7.99. The summed E-state index contributed by atoms with van der Waals surface area (Å²) in [5, 5.41) is 8.00. The minimum absolute atomic E-state index is 0.0485. The molecule has 6 heteroatoms. The summed E-state index contributed by atoms with van der Waals surface area (Å²) in [4.78, 5) is 19.5. The van der Waals surface area contributed by atoms with Gasteiger partial charge in [-0.1, -0.05) is 86.0 Å². The fourth-order valence-corrected chi connectivity index (χ4v) is 4.69. The van der Waals surface area contributed by atoms with E-state index in [9.17, 15) is 4.79 Å². The molecule has 30 heavy (non-hydrogen) atoms. The molecule has 1 amide bonds. The number of aromatic nitrogens is 3. The number of nitrogens with zero attached hydrogens (tertiary/aromatic N) is 3. The zero-order chi connectivity index (χ0) is 20.6. The van der Waals surface area contributed by atoms with Crippen molar-refractivity contribution in [1.82, 2.24) is 15.2 Å². The molecular weight excluding hydrogens is 392 g/mol. The number of thioether (sulfide) groups is 1. The Morgan fingerprint density at radius 3 is 2.47 bits per heavy atom. The van der Waals surface area contributed by atoms with Crippen molar-refractivity contribution in [3.8, 4) is 0 Å². The van der Waals surface area contributed by atoms with Crippen LogP contribution in [0.3, 0.4) is 0 Å². The monoisotopic (exact) mass is 420 g/mol. The first kappa shape index (κ1) is 20.7. The number of hydrogen-bond acceptors (Lipinski definition) is 4. The van der Waals surface area contributed by atoms with Crippen LogP contribution in [0.1, 0.15) is 43.5 Å². The average molecular weight is 421 g/mol. The van der Waals surface area contributed by atoms with Crippen molar-refractivity contribution >= 4 is 23.4 Å². The Balaban J connectivity index is 1.35. The first-order chi connectivity index (χ1) is 14.8. The Hall–Kier alpha value is -2.60. The van der Waals surface area contributed by atoms with Gasteiger partial charge >= 0.3 is 0 Å². The number of rotatable bonds is 9. The molecular formula is C24H28N4OS. The first-order valence-corrected chi connectivity index (χ1v) is 11.7. The van der Waals surface area contributed by atoms with Crippen LogP contribution in [0.15, 0.2) is 65.8 Å². The lowest BCUT2D eigenvalue weighted by Gasteiger charge is -2.22. The van der Waals surface area contributed by atoms with Gasteiger partial charge in [0.1, 0.15) is 5.82 Å². The maximum atomic E-state index is 13.1. The highest BCUT2D eigenvalue weighted by Gasteiger charge is 2.18. The number of aromatic amines is 1. The van der Waals surface area contributed by atoms with Crippen molar-refractivity contribution in [3.05, 3.63) is 72.1 Å². The van der Waals surface area contributed by atoms with E-state index in [1.807, 2.05) is 65.6 Å². The third kappa shape index (κ3) is 5.72. The van der Waals surface area contributed by atoms with E-state index in [0.29, 0.717) is 17.5 Å². The molecule has 0 atom stereocenters. The molecule has 2 aromatic carbocycles. The van der Waals surface area contributed by atoms with E-state index in [0.717, 1.165) is 29.4 Å². The van der Waals surface area contributed by atoms with Crippen LogP contribution >= 0.6 is 11.8 Å². The van der Waals surface area contributed by atoms with E-state index < -0.39 is 0 Å². The van der Waals surface area contributed by atoms with Crippen LogP contribution in [0.2, 0.25) is 0 Å². The number of hydrogen-bond donors (Lipinski definition) is 1. The fraction of sp³-hybridized carbons (Fsp3) is 0.375. The van der Waals surface area contributed by atoms with Gasteiger partial charge < -0.3 is 4.90 Å². The Labute approximate surface area is 182 Å². The van der Waals surface area contributed by atoms with E-state index in [4.69, 9.17) is 0 Å². The molecule has 0 aliphatic heterocycles. The topological polar surface area (TPSA) is 61.9 Å². The predicted molar refractivity (Wildman–Crippen MR) is 121 cm³/mol. The summed E-state index contributed by atoms with van der Waals surface area (Å²) in [6.07, 6.45) is 7.55. The molecule has 1 aliphatic carbocycles. The Kier molecular flexibility index (Phi) is 7.19. The molecule has 1 aromatic heterocycles. The van der Waals surface area contributed by atoms with Crippen molar-refractivity contribution < 1.29 is 4.79 Å². The molecule has 5 nitrogen and oxygen atoms in total. The lowest BCUT2D eigenvalue weighted by atomic mass is 10.0. The smallest absolute Gasteiger partial charge is 0.237 e. The average Bonchev–Trinajstić information content (AvgIpc) is 3.48. The molecule has 3 aromatic rings. The lowest BCUT2D eigenvalue weighted by Crippen LogP contribution is -2.31. The first-order valence-electron chi connectivity index (χ1n) is 10.7. The molecule has 0 spiro atoms. The molecule has 1 heterocycles. The number of aryl methyl sites for hydroxylation is 1. The normalized spacial score (nSPS) is 14.1. The van der Waals surface area contributed by atoms with Crippen LogP contribution in [-0.4, -0.2) is 26.8 Å². The number of para-hydroxylation sites is 1. The van der Waals surface area contributed by atoms with Crippen molar-refractivity contribution in [3.63, 3.8) is 0 Å². The van der Waals surface area contributed by atoms with Gasteiger partial charge in [-0.05, 0) is 30.0 Å². The predicted octanol–water partition coefficient (Wildman–Crippen LogP) is 5.25. The van der Waals surface area contributed by atoms with Gasteiger partial charge in [0.15, 0.2) is 0 Å². The van der Waals surface area contributed by atoms with Gasteiger partial charge in [-0.15, -0.1) is 5.10 Å². The maximum Gasteiger partial charge on any atom is 0.237 e. The summed E-state index contributed by atoms with van der Waals surface area (Å²) < 4.78 is 0. The number of nitrogens with one attached hydrogen (secondary N) is 1. The van der Waals surface area contributed by atoms with E-state index in [1.54, 1.807) is 0 Å². The fourth-order valence-electron chi connectivity index (χ4n) is 4.00. The maximum absolute atomic E-state index is 13.1. The van der Waals surface area contributed by atoms with E-state index in [2.05, 4.69) is 15.2 Å². The van der Waals surface area contributed by atoms with Gasteiger partial charge in [0.05, 0.1) is 12.3 Å². The minimum atomic E-state index is 0.0485. The summed E-state index contributed by atoms with van der Waals surface area (Å²) in [6, 6.07) is 19.9. The molecule has 1 fully saturated rings. The lowest BCUT2D eigenvalue weighted by molar-refractivity contribution is -0.116. The number of anilines is 1.